The number of carbonyl (C=O) groups is 2. The molecule has 158 valence electrons. The molecule has 7 nitrogen and oxygen atoms in total. The van der Waals surface area contributed by atoms with Crippen molar-refractivity contribution in [2.45, 2.75) is 19.8 Å². The number of carbonyl (C=O) groups excluding carboxylic acids is 2. The lowest BCUT2D eigenvalue weighted by Crippen LogP contribution is -2.44. The summed E-state index contributed by atoms with van der Waals surface area (Å²) in [5.74, 6) is -0.233. The Morgan fingerprint density at radius 1 is 1.17 bits per heavy atom. The second-order valence-corrected chi connectivity index (χ2v) is 7.05. The number of piperidine rings is 1. The second kappa shape index (κ2) is 9.91. The molecule has 3 rings (SSSR count). The average molecular weight is 410 g/mol. The number of likely N-dealkylation sites (tertiary alicyclic amines) is 1. The predicted octanol–water partition coefficient (Wildman–Crippen LogP) is 2.66. The van der Waals surface area contributed by atoms with Crippen LogP contribution >= 0.6 is 0 Å². The Kier molecular flexibility index (Phi) is 7.06. The Bertz CT molecular complexity index is 978. The van der Waals surface area contributed by atoms with Crippen LogP contribution in [0.4, 0.5) is 0 Å². The first kappa shape index (κ1) is 21.4. The van der Waals surface area contributed by atoms with E-state index < -0.39 is 0 Å². The van der Waals surface area contributed by atoms with Crippen molar-refractivity contribution < 1.29 is 19.1 Å². The van der Waals surface area contributed by atoms with Gasteiger partial charge < -0.3 is 14.4 Å². The lowest BCUT2D eigenvalue weighted by molar-refractivity contribution is -0.150. The van der Waals surface area contributed by atoms with Crippen molar-refractivity contribution in [3.8, 4) is 5.75 Å². The normalized spacial score (nSPS) is 16.8. The van der Waals surface area contributed by atoms with E-state index in [1.165, 1.54) is 10.6 Å². The van der Waals surface area contributed by atoms with E-state index >= 15 is 0 Å². The maximum absolute atomic E-state index is 13.4. The Morgan fingerprint density at radius 3 is 2.60 bits per heavy atom. The predicted molar refractivity (Wildman–Crippen MR) is 114 cm³/mol. The van der Waals surface area contributed by atoms with Crippen molar-refractivity contribution in [3.63, 3.8) is 0 Å². The highest BCUT2D eigenvalue weighted by Gasteiger charge is 2.31. The molecule has 1 saturated heterocycles. The minimum absolute atomic E-state index is 0.232. The van der Waals surface area contributed by atoms with Crippen molar-refractivity contribution in [2.24, 2.45) is 5.92 Å². The minimum atomic E-state index is -0.350. The molecule has 0 bridgehead atoms. The van der Waals surface area contributed by atoms with Crippen molar-refractivity contribution in [1.29, 1.82) is 0 Å². The molecule has 1 amide bonds. The summed E-state index contributed by atoms with van der Waals surface area (Å²) in [5.41, 5.74) is 0.689. The number of aromatic nitrogens is 1. The van der Waals surface area contributed by atoms with Crippen LogP contribution in [0.3, 0.4) is 0 Å². The monoisotopic (exact) mass is 410 g/mol. The lowest BCUT2D eigenvalue weighted by Gasteiger charge is -2.32. The van der Waals surface area contributed by atoms with E-state index in [2.05, 4.69) is 0 Å². The molecule has 0 unspecified atom stereocenters. The zero-order chi connectivity index (χ0) is 21.5. The molecule has 1 atom stereocenters. The molecule has 0 N–H and O–H groups in total. The Labute approximate surface area is 175 Å². The van der Waals surface area contributed by atoms with E-state index in [1.807, 2.05) is 12.1 Å². The van der Waals surface area contributed by atoms with Crippen molar-refractivity contribution >= 4 is 23.6 Å². The third kappa shape index (κ3) is 4.97. The quantitative estimate of drug-likeness (QED) is 0.540. The topological polar surface area (TPSA) is 77.8 Å². The van der Waals surface area contributed by atoms with Crippen LogP contribution in [-0.2, 0) is 14.3 Å². The zero-order valence-corrected chi connectivity index (χ0v) is 17.2. The maximum atomic E-state index is 13.4. The first-order chi connectivity index (χ1) is 14.5. The number of hydrogen-bond acceptors (Lipinski definition) is 5. The van der Waals surface area contributed by atoms with Gasteiger partial charge in [-0.3, -0.25) is 19.0 Å². The molecule has 0 spiro atoms. The SMILES string of the molecule is CCOC(=O)[C@H]1CCCN(C(=O)/C(=C\c2ccc(OC)cc2)n2ccccc2=O)C1. The van der Waals surface area contributed by atoms with Gasteiger partial charge in [-0.15, -0.1) is 0 Å². The molecule has 0 saturated carbocycles. The number of rotatable bonds is 6. The largest absolute Gasteiger partial charge is 0.497 e. The Hall–Kier alpha value is -3.35. The first-order valence-corrected chi connectivity index (χ1v) is 10.0. The van der Waals surface area contributed by atoms with Crippen LogP contribution in [-0.4, -0.2) is 48.1 Å². The molecule has 1 aromatic carbocycles. The van der Waals surface area contributed by atoms with E-state index in [-0.39, 0.29) is 35.6 Å². The summed E-state index contributed by atoms with van der Waals surface area (Å²) in [5, 5.41) is 0. The molecular formula is C23H26N2O5. The molecule has 1 aliphatic rings. The molecule has 1 fully saturated rings. The summed E-state index contributed by atoms with van der Waals surface area (Å²) < 4.78 is 11.6. The van der Waals surface area contributed by atoms with Crippen LogP contribution in [0.2, 0.25) is 0 Å². The van der Waals surface area contributed by atoms with Gasteiger partial charge in [0.2, 0.25) is 0 Å². The molecule has 30 heavy (non-hydrogen) atoms. The third-order valence-electron chi connectivity index (χ3n) is 5.05. The summed E-state index contributed by atoms with van der Waals surface area (Å²) in [6, 6.07) is 12.0. The molecular weight excluding hydrogens is 384 g/mol. The van der Waals surface area contributed by atoms with Gasteiger partial charge >= 0.3 is 5.97 Å². The van der Waals surface area contributed by atoms with Crippen molar-refractivity contribution in [2.75, 3.05) is 26.8 Å². The van der Waals surface area contributed by atoms with Crippen LogP contribution in [0.15, 0.2) is 53.5 Å². The number of amides is 1. The molecule has 2 aromatic rings. The fraction of sp³-hybridized carbons (Fsp3) is 0.348. The molecule has 0 aliphatic carbocycles. The van der Waals surface area contributed by atoms with E-state index in [1.54, 1.807) is 55.5 Å². The molecule has 7 heteroatoms. The zero-order valence-electron chi connectivity index (χ0n) is 17.2. The smallest absolute Gasteiger partial charge is 0.310 e. The molecule has 0 radical (unpaired) electrons. The summed E-state index contributed by atoms with van der Waals surface area (Å²) in [6.07, 6.45) is 4.64. The average Bonchev–Trinajstić information content (AvgIpc) is 2.78. The van der Waals surface area contributed by atoms with E-state index in [4.69, 9.17) is 9.47 Å². The number of methoxy groups -OCH3 is 1. The molecule has 1 aromatic heterocycles. The van der Waals surface area contributed by atoms with Crippen LogP contribution in [0.1, 0.15) is 25.3 Å². The summed E-state index contributed by atoms with van der Waals surface area (Å²) in [7, 11) is 1.58. The molecule has 1 aliphatic heterocycles. The number of ether oxygens (including phenoxy) is 2. The van der Waals surface area contributed by atoms with Gasteiger partial charge in [-0.1, -0.05) is 18.2 Å². The van der Waals surface area contributed by atoms with Crippen LogP contribution < -0.4 is 10.3 Å². The number of pyridine rings is 1. The second-order valence-electron chi connectivity index (χ2n) is 7.05. The van der Waals surface area contributed by atoms with Gasteiger partial charge in [0.15, 0.2) is 0 Å². The van der Waals surface area contributed by atoms with Crippen molar-refractivity contribution in [3.05, 3.63) is 64.6 Å². The Balaban J connectivity index is 1.94. The van der Waals surface area contributed by atoms with E-state index in [0.717, 1.165) is 5.56 Å². The van der Waals surface area contributed by atoms with Gasteiger partial charge in [0, 0.05) is 25.4 Å². The highest BCUT2D eigenvalue weighted by molar-refractivity contribution is 6.18. The van der Waals surface area contributed by atoms with Crippen LogP contribution in [0, 0.1) is 5.92 Å². The first-order valence-electron chi connectivity index (χ1n) is 10.0. The number of hydrogen-bond donors (Lipinski definition) is 0. The summed E-state index contributed by atoms with van der Waals surface area (Å²) >= 11 is 0. The lowest BCUT2D eigenvalue weighted by atomic mass is 9.98. The standard InChI is InChI=1S/C23H26N2O5/c1-3-30-23(28)18-7-6-13-24(16-18)22(27)20(25-14-5-4-8-21(25)26)15-17-9-11-19(29-2)12-10-17/h4-5,8-12,14-15,18H,3,6-7,13,16H2,1-2H3/b20-15+/t18-/m0/s1. The molecule has 2 heterocycles. The summed E-state index contributed by atoms with van der Waals surface area (Å²) in [4.78, 5) is 39.7. The summed E-state index contributed by atoms with van der Waals surface area (Å²) in [6.45, 7) is 2.88. The van der Waals surface area contributed by atoms with Gasteiger partial charge in [-0.05, 0) is 49.6 Å². The third-order valence-corrected chi connectivity index (χ3v) is 5.05. The van der Waals surface area contributed by atoms with E-state index in [9.17, 15) is 14.4 Å². The van der Waals surface area contributed by atoms with Gasteiger partial charge in [0.1, 0.15) is 11.4 Å². The van der Waals surface area contributed by atoms with Gasteiger partial charge in [0.25, 0.3) is 11.5 Å². The van der Waals surface area contributed by atoms with Crippen LogP contribution in [0.25, 0.3) is 11.8 Å². The van der Waals surface area contributed by atoms with Crippen molar-refractivity contribution in [1.82, 2.24) is 9.47 Å². The van der Waals surface area contributed by atoms with E-state index in [0.29, 0.717) is 31.7 Å². The van der Waals surface area contributed by atoms with Gasteiger partial charge in [-0.25, -0.2) is 0 Å². The number of benzene rings is 1. The fourth-order valence-corrected chi connectivity index (χ4v) is 3.49. The minimum Gasteiger partial charge on any atom is -0.497 e. The fourth-order valence-electron chi connectivity index (χ4n) is 3.49. The highest BCUT2D eigenvalue weighted by atomic mass is 16.5. The van der Waals surface area contributed by atoms with Gasteiger partial charge in [0.05, 0.1) is 19.6 Å². The van der Waals surface area contributed by atoms with Crippen LogP contribution in [0.5, 0.6) is 5.75 Å². The number of esters is 1. The highest BCUT2D eigenvalue weighted by Crippen LogP contribution is 2.22. The number of nitrogens with zero attached hydrogens (tertiary/aromatic N) is 2. The Morgan fingerprint density at radius 2 is 1.93 bits per heavy atom. The van der Waals surface area contributed by atoms with Gasteiger partial charge in [-0.2, -0.15) is 0 Å². The maximum Gasteiger partial charge on any atom is 0.310 e.